The zero-order chi connectivity index (χ0) is 56.6. The number of phosphoric ester groups is 1. The van der Waals surface area contributed by atoms with Crippen molar-refractivity contribution >= 4 is 19.8 Å². The summed E-state index contributed by atoms with van der Waals surface area (Å²) in [7, 11) is -4.38. The summed E-state index contributed by atoms with van der Waals surface area (Å²) >= 11 is 0. The number of hydrogen-bond acceptors (Lipinski definition) is 8. The minimum Gasteiger partial charge on any atom is -0.462 e. The van der Waals surface area contributed by atoms with E-state index in [1.54, 1.807) is 0 Å². The molecular formula is C68H136NO8P. The van der Waals surface area contributed by atoms with Gasteiger partial charge < -0.3 is 20.1 Å². The van der Waals surface area contributed by atoms with Crippen LogP contribution in [0, 0.1) is 0 Å². The van der Waals surface area contributed by atoms with Crippen LogP contribution in [0.3, 0.4) is 0 Å². The maximum absolute atomic E-state index is 12.7. The van der Waals surface area contributed by atoms with Gasteiger partial charge >= 0.3 is 19.8 Å². The van der Waals surface area contributed by atoms with E-state index in [4.69, 9.17) is 24.3 Å². The Balaban J connectivity index is 3.74. The Morgan fingerprint density at radius 1 is 0.333 bits per heavy atom. The van der Waals surface area contributed by atoms with Crippen LogP contribution >= 0.6 is 7.82 Å². The lowest BCUT2D eigenvalue weighted by molar-refractivity contribution is -0.161. The maximum Gasteiger partial charge on any atom is 0.472 e. The molecule has 2 unspecified atom stereocenters. The molecule has 466 valence electrons. The minimum absolute atomic E-state index is 0.0588. The van der Waals surface area contributed by atoms with Crippen molar-refractivity contribution in [2.45, 2.75) is 399 Å². The van der Waals surface area contributed by atoms with Gasteiger partial charge in [-0.1, -0.05) is 367 Å². The summed E-state index contributed by atoms with van der Waals surface area (Å²) < 4.78 is 33.2. The fraction of sp³-hybridized carbons (Fsp3) is 0.971. The molecule has 3 N–H and O–H groups in total. The first kappa shape index (κ1) is 77.0. The first-order valence-electron chi connectivity index (χ1n) is 35.0. The lowest BCUT2D eigenvalue weighted by atomic mass is 10.0. The Labute approximate surface area is 486 Å². The van der Waals surface area contributed by atoms with Gasteiger partial charge in [0.15, 0.2) is 6.10 Å². The van der Waals surface area contributed by atoms with Gasteiger partial charge in [0.25, 0.3) is 0 Å². The summed E-state index contributed by atoms with van der Waals surface area (Å²) in [5, 5.41) is 0. The lowest BCUT2D eigenvalue weighted by Crippen LogP contribution is -2.29. The number of rotatable bonds is 68. The highest BCUT2D eigenvalue weighted by molar-refractivity contribution is 7.47. The van der Waals surface area contributed by atoms with Gasteiger partial charge in [0.05, 0.1) is 13.2 Å². The Kier molecular flexibility index (Phi) is 64.3. The van der Waals surface area contributed by atoms with Gasteiger partial charge in [0.1, 0.15) is 6.61 Å². The summed E-state index contributed by atoms with van der Waals surface area (Å²) in [6.07, 6.45) is 76.5. The fourth-order valence-electron chi connectivity index (χ4n) is 11.1. The van der Waals surface area contributed by atoms with E-state index in [-0.39, 0.29) is 32.1 Å². The van der Waals surface area contributed by atoms with Crippen molar-refractivity contribution < 1.29 is 37.6 Å². The van der Waals surface area contributed by atoms with Crippen LogP contribution < -0.4 is 5.73 Å². The molecule has 0 heterocycles. The Bertz CT molecular complexity index is 1240. The molecule has 0 saturated carbocycles. The topological polar surface area (TPSA) is 134 Å². The second-order valence-corrected chi connectivity index (χ2v) is 25.6. The second-order valence-electron chi connectivity index (χ2n) is 24.1. The van der Waals surface area contributed by atoms with E-state index in [1.165, 1.54) is 327 Å². The molecule has 78 heavy (non-hydrogen) atoms. The number of nitrogens with two attached hydrogens (primary N) is 1. The van der Waals surface area contributed by atoms with Gasteiger partial charge in [0.2, 0.25) is 0 Å². The quantitative estimate of drug-likeness (QED) is 0.0347. The normalized spacial score (nSPS) is 12.8. The van der Waals surface area contributed by atoms with Crippen molar-refractivity contribution in [3.05, 3.63) is 0 Å². The zero-order valence-corrected chi connectivity index (χ0v) is 53.3. The smallest absolute Gasteiger partial charge is 0.462 e. The minimum atomic E-state index is -4.38. The van der Waals surface area contributed by atoms with Crippen LogP contribution in [0.1, 0.15) is 393 Å². The van der Waals surface area contributed by atoms with Crippen LogP contribution in [0.5, 0.6) is 0 Å². The van der Waals surface area contributed by atoms with Crippen molar-refractivity contribution in [2.24, 2.45) is 5.73 Å². The SMILES string of the molecule is CCCCCCCCCCCCCCCCCCCCCCCCCCCCCCCCCCCCCCCC(=O)OC(COC(=O)CCCCCCCCCCCCCCCCCCCCCC)COP(=O)(O)OCCN. The van der Waals surface area contributed by atoms with Crippen molar-refractivity contribution in [1.29, 1.82) is 0 Å². The standard InChI is InChI=1S/C68H136NO8P/c1-3-5-7-9-11-13-15-17-19-21-23-25-26-27-28-29-30-31-32-33-34-35-36-37-38-39-40-41-43-45-47-49-51-53-55-57-59-61-68(71)77-66(65-76-78(72,73)75-63-62-69)64-74-67(70)60-58-56-54-52-50-48-46-44-42-24-22-20-18-16-14-12-10-8-6-4-2/h66H,3-65,69H2,1-2H3,(H,72,73). The number of carbonyl (C=O) groups is 2. The van der Waals surface area contributed by atoms with Crippen molar-refractivity contribution in [2.75, 3.05) is 26.4 Å². The highest BCUT2D eigenvalue weighted by Gasteiger charge is 2.26. The van der Waals surface area contributed by atoms with Gasteiger partial charge in [0, 0.05) is 19.4 Å². The molecule has 0 aliphatic carbocycles. The van der Waals surface area contributed by atoms with E-state index < -0.39 is 26.5 Å². The van der Waals surface area contributed by atoms with Crippen molar-refractivity contribution in [3.8, 4) is 0 Å². The fourth-order valence-corrected chi connectivity index (χ4v) is 11.8. The lowest BCUT2D eigenvalue weighted by Gasteiger charge is -2.19. The Morgan fingerprint density at radius 2 is 0.551 bits per heavy atom. The monoisotopic (exact) mass is 1130 g/mol. The van der Waals surface area contributed by atoms with Gasteiger partial charge in [-0.05, 0) is 12.8 Å². The molecule has 0 rings (SSSR count). The van der Waals surface area contributed by atoms with Gasteiger partial charge in [-0.3, -0.25) is 18.6 Å². The predicted octanol–water partition coefficient (Wildman–Crippen LogP) is 22.6. The number of phosphoric acid groups is 1. The molecule has 10 heteroatoms. The largest absolute Gasteiger partial charge is 0.472 e. The van der Waals surface area contributed by atoms with Crippen LogP contribution in [-0.2, 0) is 32.7 Å². The van der Waals surface area contributed by atoms with Crippen LogP contribution in [0.2, 0.25) is 0 Å². The summed E-state index contributed by atoms with van der Waals surface area (Å²) in [6.45, 7) is 3.84. The first-order valence-corrected chi connectivity index (χ1v) is 36.5. The van der Waals surface area contributed by atoms with Crippen LogP contribution in [0.25, 0.3) is 0 Å². The third kappa shape index (κ3) is 64.2. The van der Waals surface area contributed by atoms with Crippen LogP contribution in [-0.4, -0.2) is 49.3 Å². The van der Waals surface area contributed by atoms with Crippen LogP contribution in [0.15, 0.2) is 0 Å². The third-order valence-corrected chi connectivity index (χ3v) is 17.2. The molecule has 0 aliphatic heterocycles. The first-order chi connectivity index (χ1) is 38.3. The molecule has 9 nitrogen and oxygen atoms in total. The van der Waals surface area contributed by atoms with Gasteiger partial charge in [-0.15, -0.1) is 0 Å². The number of esters is 2. The Hall–Kier alpha value is -0.990. The number of unbranched alkanes of at least 4 members (excludes halogenated alkanes) is 55. The van der Waals surface area contributed by atoms with Crippen molar-refractivity contribution in [3.63, 3.8) is 0 Å². The molecule has 0 saturated heterocycles. The van der Waals surface area contributed by atoms with E-state index in [2.05, 4.69) is 13.8 Å². The van der Waals surface area contributed by atoms with E-state index in [0.717, 1.165) is 32.1 Å². The highest BCUT2D eigenvalue weighted by atomic mass is 31.2. The van der Waals surface area contributed by atoms with Gasteiger partial charge in [-0.2, -0.15) is 0 Å². The molecule has 0 amide bonds. The van der Waals surface area contributed by atoms with Gasteiger partial charge in [-0.25, -0.2) is 4.57 Å². The molecule has 2 atom stereocenters. The molecule has 0 bridgehead atoms. The maximum atomic E-state index is 12.7. The average molecular weight is 1130 g/mol. The molecule has 0 aliphatic rings. The molecule has 0 radical (unpaired) electrons. The van der Waals surface area contributed by atoms with E-state index in [0.29, 0.717) is 12.8 Å². The number of ether oxygens (including phenoxy) is 2. The summed E-state index contributed by atoms with van der Waals surface area (Å²) in [6, 6.07) is 0. The molecular weight excluding hydrogens is 990 g/mol. The number of carbonyl (C=O) groups excluding carboxylic acids is 2. The van der Waals surface area contributed by atoms with E-state index >= 15 is 0 Å². The highest BCUT2D eigenvalue weighted by Crippen LogP contribution is 2.43. The summed E-state index contributed by atoms with van der Waals surface area (Å²) in [4.78, 5) is 35.3. The molecule has 0 aromatic rings. The molecule has 0 spiro atoms. The second kappa shape index (κ2) is 65.2. The summed E-state index contributed by atoms with van der Waals surface area (Å²) in [5.74, 6) is -0.799. The molecule has 0 aromatic heterocycles. The predicted molar refractivity (Wildman–Crippen MR) is 335 cm³/mol. The number of hydrogen-bond donors (Lipinski definition) is 2. The molecule has 0 fully saturated rings. The van der Waals surface area contributed by atoms with Crippen LogP contribution in [0.4, 0.5) is 0 Å². The average Bonchev–Trinajstić information content (AvgIpc) is 3.43. The van der Waals surface area contributed by atoms with E-state index in [9.17, 15) is 19.0 Å². The zero-order valence-electron chi connectivity index (χ0n) is 52.5. The Morgan fingerprint density at radius 3 is 0.782 bits per heavy atom. The van der Waals surface area contributed by atoms with E-state index in [1.807, 2.05) is 0 Å². The summed E-state index contributed by atoms with van der Waals surface area (Å²) in [5.41, 5.74) is 5.40. The van der Waals surface area contributed by atoms with Crippen molar-refractivity contribution in [1.82, 2.24) is 0 Å². The molecule has 0 aromatic carbocycles. The third-order valence-electron chi connectivity index (χ3n) is 16.2.